The van der Waals surface area contributed by atoms with Crippen LogP contribution in [-0.2, 0) is 4.79 Å². The molecule has 3 aromatic rings. The minimum absolute atomic E-state index is 0.0638. The second-order valence-electron chi connectivity index (χ2n) is 8.55. The third-order valence-electron chi connectivity index (χ3n) is 5.77. The number of halogens is 1. The maximum absolute atomic E-state index is 12.9. The molecule has 198 valence electrons. The number of hydrogen-bond acceptors (Lipinski definition) is 7. The van der Waals surface area contributed by atoms with Crippen molar-refractivity contribution in [2.75, 3.05) is 19.8 Å². The van der Waals surface area contributed by atoms with Gasteiger partial charge in [0.15, 0.2) is 17.3 Å². The fourth-order valence-electron chi connectivity index (χ4n) is 3.85. The normalized spacial score (nSPS) is 15.7. The van der Waals surface area contributed by atoms with Crippen molar-refractivity contribution >= 4 is 51.4 Å². The number of amidine groups is 2. The van der Waals surface area contributed by atoms with Crippen LogP contribution >= 0.6 is 23.4 Å². The van der Waals surface area contributed by atoms with Crippen molar-refractivity contribution in [2.24, 2.45) is 10.1 Å². The molecule has 0 unspecified atom stereocenters. The highest BCUT2D eigenvalue weighted by molar-refractivity contribution is 8.27. The van der Waals surface area contributed by atoms with Crippen LogP contribution in [0, 0.1) is 12.3 Å². The zero-order chi connectivity index (χ0) is 27.4. The van der Waals surface area contributed by atoms with Gasteiger partial charge in [0, 0.05) is 5.56 Å². The molecule has 0 aromatic heterocycles. The van der Waals surface area contributed by atoms with Gasteiger partial charge in [-0.25, -0.2) is 0 Å². The maximum Gasteiger partial charge on any atom is 0.283 e. The number of carbonyl (C=O) groups is 1. The summed E-state index contributed by atoms with van der Waals surface area (Å²) in [4.78, 5) is 17.0. The molecular formula is C29H25ClN4O4S. The molecule has 1 amide bonds. The lowest BCUT2D eigenvalue weighted by Crippen LogP contribution is -2.35. The topological polar surface area (TPSA) is 96.6 Å². The van der Waals surface area contributed by atoms with Crippen LogP contribution in [0.5, 0.6) is 17.2 Å². The molecule has 5 rings (SSSR count). The van der Waals surface area contributed by atoms with Crippen LogP contribution in [0.1, 0.15) is 23.6 Å². The Morgan fingerprint density at radius 3 is 2.54 bits per heavy atom. The van der Waals surface area contributed by atoms with Gasteiger partial charge in [-0.2, -0.15) is 15.1 Å². The van der Waals surface area contributed by atoms with Crippen LogP contribution in [0.3, 0.4) is 0 Å². The second kappa shape index (κ2) is 11.8. The van der Waals surface area contributed by atoms with E-state index in [4.69, 9.17) is 31.2 Å². The predicted molar refractivity (Wildman–Crippen MR) is 155 cm³/mol. The molecule has 0 saturated carbocycles. The summed E-state index contributed by atoms with van der Waals surface area (Å²) in [5.41, 5.74) is 2.66. The van der Waals surface area contributed by atoms with Crippen LogP contribution in [0.15, 0.2) is 82.4 Å². The molecule has 2 heterocycles. The summed E-state index contributed by atoms with van der Waals surface area (Å²) in [5, 5.41) is 15.9. The highest BCUT2D eigenvalue weighted by Crippen LogP contribution is 2.34. The van der Waals surface area contributed by atoms with Crippen molar-refractivity contribution in [3.63, 3.8) is 0 Å². The quantitative estimate of drug-likeness (QED) is 0.248. The van der Waals surface area contributed by atoms with Crippen LogP contribution in [0.2, 0.25) is 5.02 Å². The lowest BCUT2D eigenvalue weighted by molar-refractivity contribution is -0.114. The summed E-state index contributed by atoms with van der Waals surface area (Å²) in [5.74, 6) is 1.28. The highest BCUT2D eigenvalue weighted by Gasteiger charge is 2.36. The second-order valence-corrected chi connectivity index (χ2v) is 9.92. The molecule has 0 fully saturated rings. The molecule has 0 atom stereocenters. The first-order valence-electron chi connectivity index (χ1n) is 12.3. The Hall–Kier alpha value is -4.08. The number of ether oxygens (including phenoxy) is 3. The number of nitrogens with zero attached hydrogens (tertiary/aromatic N) is 3. The Labute approximate surface area is 235 Å². The fraction of sp³-hybridized carbons (Fsp3) is 0.172. The average molecular weight is 561 g/mol. The summed E-state index contributed by atoms with van der Waals surface area (Å²) < 4.78 is 17.4. The first-order valence-corrected chi connectivity index (χ1v) is 13.5. The van der Waals surface area contributed by atoms with Crippen molar-refractivity contribution in [3.05, 3.63) is 94.0 Å². The van der Waals surface area contributed by atoms with Gasteiger partial charge in [-0.1, -0.05) is 53.6 Å². The first kappa shape index (κ1) is 26.5. The van der Waals surface area contributed by atoms with E-state index in [2.05, 4.69) is 10.1 Å². The number of amides is 1. The van der Waals surface area contributed by atoms with Crippen LogP contribution < -0.4 is 14.2 Å². The van der Waals surface area contributed by atoms with Crippen molar-refractivity contribution in [1.29, 1.82) is 5.41 Å². The number of rotatable bonds is 9. The minimum atomic E-state index is -0.513. The van der Waals surface area contributed by atoms with Crippen LogP contribution in [0.4, 0.5) is 0 Å². The van der Waals surface area contributed by atoms with Gasteiger partial charge in [-0.3, -0.25) is 10.2 Å². The van der Waals surface area contributed by atoms with Gasteiger partial charge >= 0.3 is 0 Å². The Bertz CT molecular complexity index is 1520. The molecule has 3 aromatic carbocycles. The molecule has 2 aliphatic rings. The largest absolute Gasteiger partial charge is 0.490 e. The van der Waals surface area contributed by atoms with Crippen molar-refractivity contribution in [2.45, 2.75) is 13.8 Å². The summed E-state index contributed by atoms with van der Waals surface area (Å²) in [6, 6.07) is 20.4. The van der Waals surface area contributed by atoms with E-state index in [0.29, 0.717) is 57.7 Å². The maximum atomic E-state index is 12.9. The van der Waals surface area contributed by atoms with E-state index in [1.54, 1.807) is 30.3 Å². The van der Waals surface area contributed by atoms with Crippen LogP contribution in [0.25, 0.3) is 6.08 Å². The van der Waals surface area contributed by atoms with E-state index < -0.39 is 5.91 Å². The predicted octanol–water partition coefficient (Wildman–Crippen LogP) is 6.17. The molecule has 10 heteroatoms. The van der Waals surface area contributed by atoms with E-state index in [9.17, 15) is 4.79 Å². The van der Waals surface area contributed by atoms with Gasteiger partial charge in [0.05, 0.1) is 17.2 Å². The SMILES string of the molecule is CCOc1cc(/C=C2/C(=N)N3N=C(c4ccccc4Cl)SC3=NC2=O)ccc1OCCOc1ccc(C)cc1. The number of nitrogens with one attached hydrogen (secondary N) is 1. The molecule has 0 aliphatic carbocycles. The van der Waals surface area contributed by atoms with Crippen LogP contribution in [-0.4, -0.2) is 46.8 Å². The zero-order valence-corrected chi connectivity index (χ0v) is 22.9. The van der Waals surface area contributed by atoms with E-state index in [0.717, 1.165) is 5.75 Å². The Morgan fingerprint density at radius 1 is 1.00 bits per heavy atom. The molecule has 0 bridgehead atoms. The van der Waals surface area contributed by atoms with Gasteiger partial charge in [0.2, 0.25) is 5.17 Å². The van der Waals surface area contributed by atoms with E-state index in [-0.39, 0.29) is 11.4 Å². The number of thioether (sulfide) groups is 1. The molecule has 0 radical (unpaired) electrons. The standard InChI is InChI=1S/C29H25ClN4O4S/c1-3-36-25-17-19(10-13-24(25)38-15-14-37-20-11-8-18(2)9-12-20)16-22-26(31)34-29(32-27(22)35)39-28(33-34)21-6-4-5-7-23(21)30/h4-13,16-17,31H,3,14-15H2,1-2H3/b22-16-,31-26?. The van der Waals surface area contributed by atoms with E-state index in [1.807, 2.05) is 56.3 Å². The molecule has 1 N–H and O–H groups in total. The van der Waals surface area contributed by atoms with Gasteiger partial charge in [-0.05, 0) is 67.6 Å². The first-order chi connectivity index (χ1) is 18.9. The Balaban J connectivity index is 1.31. The van der Waals surface area contributed by atoms with Crippen molar-refractivity contribution in [3.8, 4) is 17.2 Å². The summed E-state index contributed by atoms with van der Waals surface area (Å²) in [6.45, 7) is 5.04. The minimum Gasteiger partial charge on any atom is -0.490 e. The number of benzene rings is 3. The Morgan fingerprint density at radius 2 is 1.77 bits per heavy atom. The van der Waals surface area contributed by atoms with E-state index >= 15 is 0 Å². The lowest BCUT2D eigenvalue weighted by atomic mass is 10.1. The highest BCUT2D eigenvalue weighted by atomic mass is 35.5. The number of aliphatic imine (C=N–C) groups is 1. The monoisotopic (exact) mass is 560 g/mol. The fourth-order valence-corrected chi connectivity index (χ4v) is 5.06. The molecule has 0 spiro atoms. The lowest BCUT2D eigenvalue weighted by Gasteiger charge is -2.20. The summed E-state index contributed by atoms with van der Waals surface area (Å²) in [7, 11) is 0. The van der Waals surface area contributed by atoms with Gasteiger partial charge in [0.1, 0.15) is 24.0 Å². The van der Waals surface area contributed by atoms with Gasteiger partial charge < -0.3 is 14.2 Å². The molecular weight excluding hydrogens is 536 g/mol. The third kappa shape index (κ3) is 6.00. The number of hydrogen-bond donors (Lipinski definition) is 1. The number of carbonyl (C=O) groups excluding carboxylic acids is 1. The summed E-state index contributed by atoms with van der Waals surface area (Å²) in [6.07, 6.45) is 1.60. The van der Waals surface area contributed by atoms with Crippen molar-refractivity contribution in [1.82, 2.24) is 5.01 Å². The summed E-state index contributed by atoms with van der Waals surface area (Å²) >= 11 is 7.52. The Kier molecular flexibility index (Phi) is 7.99. The molecule has 0 saturated heterocycles. The zero-order valence-electron chi connectivity index (χ0n) is 21.3. The van der Waals surface area contributed by atoms with Crippen molar-refractivity contribution < 1.29 is 19.0 Å². The number of aryl methyl sites for hydroxylation is 1. The number of hydrazone groups is 1. The van der Waals surface area contributed by atoms with E-state index in [1.165, 1.54) is 22.3 Å². The molecule has 39 heavy (non-hydrogen) atoms. The number of fused-ring (bicyclic) bond motifs is 1. The molecule has 8 nitrogen and oxygen atoms in total. The average Bonchev–Trinajstić information content (AvgIpc) is 3.35. The van der Waals surface area contributed by atoms with Gasteiger partial charge in [0.25, 0.3) is 5.91 Å². The van der Waals surface area contributed by atoms with Gasteiger partial charge in [-0.15, -0.1) is 0 Å². The molecule has 2 aliphatic heterocycles. The third-order valence-corrected chi connectivity index (χ3v) is 7.04. The smallest absolute Gasteiger partial charge is 0.283 e.